The number of rotatable bonds is 9. The van der Waals surface area contributed by atoms with Crippen molar-refractivity contribution in [1.82, 2.24) is 15.6 Å². The Hall–Kier alpha value is -2.61. The normalized spacial score (nSPS) is 13.5. The fraction of sp³-hybridized carbons (Fsp3) is 0.500. The molecular weight excluding hydrogens is 400 g/mol. The third kappa shape index (κ3) is 6.45. The van der Waals surface area contributed by atoms with Crippen LogP contribution in [0.1, 0.15) is 65.1 Å². The van der Waals surface area contributed by atoms with Crippen LogP contribution in [0.4, 0.5) is 0 Å². The smallest absolute Gasteiger partial charge is 0.350 e. The first-order chi connectivity index (χ1) is 14.4. The average molecular weight is 433 g/mol. The molecule has 8 heteroatoms. The van der Waals surface area contributed by atoms with Gasteiger partial charge in [-0.25, -0.2) is 9.78 Å². The van der Waals surface area contributed by atoms with Gasteiger partial charge in [-0.1, -0.05) is 19.1 Å². The number of methoxy groups -OCH3 is 1. The highest BCUT2D eigenvalue weighted by atomic mass is 32.1. The number of carbonyl (C=O) groups is 1. The molecule has 0 aliphatic carbocycles. The van der Waals surface area contributed by atoms with Gasteiger partial charge in [-0.15, -0.1) is 11.3 Å². The molecule has 0 spiro atoms. The molecule has 164 valence electrons. The Morgan fingerprint density at radius 2 is 1.97 bits per heavy atom. The minimum absolute atomic E-state index is 0.0814. The van der Waals surface area contributed by atoms with E-state index >= 15 is 0 Å². The summed E-state index contributed by atoms with van der Waals surface area (Å²) < 4.78 is 10.3. The van der Waals surface area contributed by atoms with Gasteiger partial charge < -0.3 is 20.1 Å². The van der Waals surface area contributed by atoms with E-state index in [0.717, 1.165) is 23.7 Å². The molecule has 0 saturated heterocycles. The number of ether oxygens (including phenoxy) is 2. The maximum atomic E-state index is 12.0. The zero-order valence-electron chi connectivity index (χ0n) is 18.6. The van der Waals surface area contributed by atoms with Crippen molar-refractivity contribution < 1.29 is 14.3 Å². The number of esters is 1. The van der Waals surface area contributed by atoms with Crippen molar-refractivity contribution in [3.63, 3.8) is 0 Å². The number of hydrogen-bond acceptors (Lipinski definition) is 6. The van der Waals surface area contributed by atoms with Crippen LogP contribution >= 0.6 is 11.3 Å². The summed E-state index contributed by atoms with van der Waals surface area (Å²) in [5.74, 6) is 1.66. The van der Waals surface area contributed by atoms with Crippen molar-refractivity contribution in [3.8, 4) is 5.75 Å². The number of carbonyl (C=O) groups excluding carboxylic acids is 1. The summed E-state index contributed by atoms with van der Waals surface area (Å²) >= 11 is 1.36. The number of aryl methyl sites for hydroxylation is 1. The van der Waals surface area contributed by atoms with Crippen molar-refractivity contribution in [1.29, 1.82) is 0 Å². The van der Waals surface area contributed by atoms with Gasteiger partial charge in [0, 0.05) is 13.6 Å². The summed E-state index contributed by atoms with van der Waals surface area (Å²) in [4.78, 5) is 21.4. The Morgan fingerprint density at radius 3 is 2.57 bits per heavy atom. The summed E-state index contributed by atoms with van der Waals surface area (Å²) in [5.41, 5.74) is 1.97. The van der Waals surface area contributed by atoms with Gasteiger partial charge in [0.2, 0.25) is 0 Å². The summed E-state index contributed by atoms with van der Waals surface area (Å²) in [6.45, 7) is 8.96. The van der Waals surface area contributed by atoms with E-state index in [4.69, 9.17) is 9.47 Å². The summed E-state index contributed by atoms with van der Waals surface area (Å²) in [6.07, 6.45) is 0.963. The Labute approximate surface area is 182 Å². The molecule has 30 heavy (non-hydrogen) atoms. The van der Waals surface area contributed by atoms with Gasteiger partial charge in [0.05, 0.1) is 25.5 Å². The standard InChI is InChI=1S/C22H32N4O3S/c1-7-29-21(27)19-15(3)25-20(30-19)16(4)26-22(23-5)24-13-12-14(2)17-8-10-18(28-6)11-9-17/h8-11,14,16H,7,12-13H2,1-6H3,(H2,23,24,26). The van der Waals surface area contributed by atoms with Crippen LogP contribution in [0.3, 0.4) is 0 Å². The lowest BCUT2D eigenvalue weighted by atomic mass is 9.98. The molecule has 2 unspecified atom stereocenters. The first-order valence-electron chi connectivity index (χ1n) is 10.1. The average Bonchev–Trinajstić information content (AvgIpc) is 3.15. The number of nitrogens with zero attached hydrogens (tertiary/aromatic N) is 2. The second-order valence-corrected chi connectivity index (χ2v) is 8.05. The molecule has 0 aliphatic rings. The van der Waals surface area contributed by atoms with Crippen LogP contribution < -0.4 is 15.4 Å². The molecule has 0 radical (unpaired) electrons. The molecule has 0 fully saturated rings. The minimum Gasteiger partial charge on any atom is -0.497 e. The SMILES string of the molecule is CCOC(=O)c1sc(C(C)NC(=NC)NCCC(C)c2ccc(OC)cc2)nc1C. The highest BCUT2D eigenvalue weighted by Crippen LogP contribution is 2.24. The van der Waals surface area contributed by atoms with Crippen LogP contribution in [0.25, 0.3) is 0 Å². The van der Waals surface area contributed by atoms with Crippen molar-refractivity contribution in [2.24, 2.45) is 4.99 Å². The molecule has 0 amide bonds. The van der Waals surface area contributed by atoms with Crippen LogP contribution in [0.2, 0.25) is 0 Å². The van der Waals surface area contributed by atoms with Gasteiger partial charge in [-0.05, 0) is 50.8 Å². The van der Waals surface area contributed by atoms with E-state index < -0.39 is 0 Å². The molecule has 7 nitrogen and oxygen atoms in total. The van der Waals surface area contributed by atoms with Crippen molar-refractivity contribution in [2.75, 3.05) is 27.3 Å². The molecular formula is C22H32N4O3S. The van der Waals surface area contributed by atoms with Crippen LogP contribution in [-0.4, -0.2) is 44.2 Å². The quantitative estimate of drug-likeness (QED) is 0.353. The van der Waals surface area contributed by atoms with E-state index in [2.05, 4.69) is 39.7 Å². The van der Waals surface area contributed by atoms with Gasteiger partial charge in [0.1, 0.15) is 15.6 Å². The van der Waals surface area contributed by atoms with E-state index in [-0.39, 0.29) is 12.0 Å². The van der Waals surface area contributed by atoms with Crippen LogP contribution in [0, 0.1) is 6.92 Å². The predicted molar refractivity (Wildman–Crippen MR) is 122 cm³/mol. The second kappa shape index (κ2) is 11.5. The Kier molecular flexibility index (Phi) is 9.11. The van der Waals surface area contributed by atoms with Gasteiger partial charge in [0.15, 0.2) is 5.96 Å². The number of nitrogens with one attached hydrogen (secondary N) is 2. The number of aliphatic imine (C=N–C) groups is 1. The summed E-state index contributed by atoms with van der Waals surface area (Å²) in [6, 6.07) is 8.10. The molecule has 1 heterocycles. The Balaban J connectivity index is 1.88. The first-order valence-corrected chi connectivity index (χ1v) is 11.0. The van der Waals surface area contributed by atoms with Gasteiger partial charge >= 0.3 is 5.97 Å². The Morgan fingerprint density at radius 1 is 1.27 bits per heavy atom. The predicted octanol–water partition coefficient (Wildman–Crippen LogP) is 4.06. The third-order valence-electron chi connectivity index (χ3n) is 4.78. The minimum atomic E-state index is -0.319. The molecule has 2 atom stereocenters. The molecule has 2 aromatic rings. The van der Waals surface area contributed by atoms with Gasteiger partial charge in [0.25, 0.3) is 0 Å². The lowest BCUT2D eigenvalue weighted by Crippen LogP contribution is -2.39. The number of hydrogen-bond donors (Lipinski definition) is 2. The lowest BCUT2D eigenvalue weighted by Gasteiger charge is -2.18. The number of benzene rings is 1. The van der Waals surface area contributed by atoms with E-state index in [1.54, 1.807) is 21.1 Å². The fourth-order valence-electron chi connectivity index (χ4n) is 2.96. The molecule has 2 N–H and O–H groups in total. The lowest BCUT2D eigenvalue weighted by molar-refractivity contribution is 0.0531. The molecule has 2 rings (SSSR count). The number of aromatic nitrogens is 1. The first kappa shape index (κ1) is 23.7. The second-order valence-electron chi connectivity index (χ2n) is 7.02. The van der Waals surface area contributed by atoms with Crippen molar-refractivity contribution in [3.05, 3.63) is 45.4 Å². The van der Waals surface area contributed by atoms with E-state index in [1.807, 2.05) is 26.0 Å². The molecule has 0 bridgehead atoms. The van der Waals surface area contributed by atoms with Crippen LogP contribution in [-0.2, 0) is 4.74 Å². The molecule has 1 aromatic carbocycles. The largest absolute Gasteiger partial charge is 0.497 e. The van der Waals surface area contributed by atoms with Gasteiger partial charge in [-0.2, -0.15) is 0 Å². The van der Waals surface area contributed by atoms with Crippen molar-refractivity contribution >= 4 is 23.3 Å². The highest BCUT2D eigenvalue weighted by molar-refractivity contribution is 7.13. The maximum Gasteiger partial charge on any atom is 0.350 e. The van der Waals surface area contributed by atoms with Gasteiger partial charge in [-0.3, -0.25) is 4.99 Å². The third-order valence-corrected chi connectivity index (χ3v) is 6.10. The zero-order valence-corrected chi connectivity index (χ0v) is 19.4. The van der Waals surface area contributed by atoms with Crippen molar-refractivity contribution in [2.45, 2.75) is 46.1 Å². The van der Waals surface area contributed by atoms with Crippen LogP contribution in [0.15, 0.2) is 29.3 Å². The Bertz CT molecular complexity index is 849. The molecule has 0 aliphatic heterocycles. The zero-order chi connectivity index (χ0) is 22.1. The monoisotopic (exact) mass is 432 g/mol. The maximum absolute atomic E-state index is 12.0. The van der Waals surface area contributed by atoms with E-state index in [9.17, 15) is 4.79 Å². The summed E-state index contributed by atoms with van der Waals surface area (Å²) in [7, 11) is 3.42. The van der Waals surface area contributed by atoms with E-state index in [0.29, 0.717) is 29.1 Å². The van der Waals surface area contributed by atoms with E-state index in [1.165, 1.54) is 16.9 Å². The summed E-state index contributed by atoms with van der Waals surface area (Å²) in [5, 5.41) is 7.52. The molecule has 1 aromatic heterocycles. The number of guanidine groups is 1. The fourth-order valence-corrected chi connectivity index (χ4v) is 3.92. The number of thiazole rings is 1. The topological polar surface area (TPSA) is 84.8 Å². The molecule has 0 saturated carbocycles. The van der Waals surface area contributed by atoms with Crippen LogP contribution in [0.5, 0.6) is 5.75 Å². The highest BCUT2D eigenvalue weighted by Gasteiger charge is 2.20.